The highest BCUT2D eigenvalue weighted by Gasteiger charge is 2.44. The first-order chi connectivity index (χ1) is 71.5. The number of nitrogens with two attached hydrogens (primary N) is 1. The van der Waals surface area contributed by atoms with Gasteiger partial charge in [-0.2, -0.15) is 10.1 Å². The van der Waals surface area contributed by atoms with E-state index in [0.29, 0.717) is 112 Å². The highest BCUT2D eigenvalue weighted by Crippen LogP contribution is 2.50. The second kappa shape index (κ2) is 74.6. The average Bonchev–Trinajstić information content (AvgIpc) is 1.76. The van der Waals surface area contributed by atoms with Gasteiger partial charge >= 0.3 is 20.6 Å². The second-order valence-corrected chi connectivity index (χ2v) is 45.7. The third kappa shape index (κ3) is 55.8. The van der Waals surface area contributed by atoms with Gasteiger partial charge in [-0.25, -0.2) is 29.3 Å². The van der Waals surface area contributed by atoms with Crippen LogP contribution < -0.4 is 48.0 Å². The summed E-state index contributed by atoms with van der Waals surface area (Å²) in [5.41, 5.74) is 10.4. The molecule has 7 amide bonds. The number of ether oxygens (including phenoxy) is 3. The third-order valence-electron chi connectivity index (χ3n) is 26.0. The van der Waals surface area contributed by atoms with E-state index < -0.39 is 74.8 Å². The second-order valence-electron chi connectivity index (χ2n) is 38.8. The molecule has 3 aliphatic rings. The summed E-state index contributed by atoms with van der Waals surface area (Å²) in [7, 11) is 0.288. The van der Waals surface area contributed by atoms with Crippen molar-refractivity contribution in [3.8, 4) is 5.75 Å². The highest BCUT2D eigenvalue weighted by molar-refractivity contribution is 8.76. The number of aliphatic hydroxyl groups is 1. The molecule has 0 aliphatic carbocycles. The van der Waals surface area contributed by atoms with Crippen LogP contribution in [0.2, 0.25) is 0 Å². The maximum absolute atomic E-state index is 13.7. The van der Waals surface area contributed by atoms with Gasteiger partial charge in [0.15, 0.2) is 17.0 Å². The zero-order valence-electron chi connectivity index (χ0n) is 88.0. The van der Waals surface area contributed by atoms with E-state index in [0.717, 1.165) is 109 Å². The molecule has 0 saturated carbocycles. The van der Waals surface area contributed by atoms with E-state index in [1.165, 1.54) is 165 Å². The highest BCUT2D eigenvalue weighted by atomic mass is 33.1. The van der Waals surface area contributed by atoms with Crippen LogP contribution in [-0.4, -0.2) is 241 Å². The number of aromatic amines is 1. The topological polar surface area (TPSA) is 499 Å². The number of aliphatic carboxylic acids is 1. The lowest BCUT2D eigenvalue weighted by atomic mass is 9.98. The van der Waals surface area contributed by atoms with Crippen LogP contribution in [0.5, 0.6) is 5.75 Å². The van der Waals surface area contributed by atoms with Gasteiger partial charge in [0.05, 0.1) is 81.0 Å². The summed E-state index contributed by atoms with van der Waals surface area (Å²) in [6, 6.07) is 10.7. The number of carboxylic acids is 1. The van der Waals surface area contributed by atoms with Gasteiger partial charge in [0.25, 0.3) is 11.5 Å². The zero-order chi connectivity index (χ0) is 107. The van der Waals surface area contributed by atoms with E-state index in [4.69, 9.17) is 33.5 Å². The standard InChI is InChI=1S/C107H171N15O21P2S3/c1-5-7-9-11-13-15-17-19-21-23-25-27-29-31-33-41-64-107(65-42-34-32-30-28-26-24-22-20-18-16-14-12-10-8-6-2)139-82-93(142-107)78-120(4)69-46-38-39-49-95(124)109-68-45-37-40-51-99(128)122-79-92(74-89(122)81-141-145(136,137)146)143-144(134,135)140-80-88-73-90(123)77-121(88)100(129)52-48-71-147-148-72-63-98(127)119-118-83(3)84-55-59-91(60-56-84)138-70-47-50-96(125)110-66-43-35-36-44-67-111-97(126)62-61-94(105(132)133)115-103(130)85-53-57-86(58-54-85)112-75-87-76-113-102-101(114-87)104(131)117-106(108)116-102/h13-16,19-22,53-60,76,88-90,92-94,112,123H,5-12,17-18,23-52,61-75,77-82H2,1-4H3,(H,109,124)(H,110,125)(H,111,126)(H,115,130)(H,119,127)(H,132,133)(H,134,135)(H2,136,137,146)(H3,108,113,116,117,131)/b15-13-,16-14-,21-19-,22-20-,118-83+/t88-,89-,90+,92+,93-,94?/m0/s1. The first-order valence-corrected chi connectivity index (χ1v) is 60.9. The first-order valence-electron chi connectivity index (χ1n) is 54.2. The first kappa shape index (κ1) is 126. The van der Waals surface area contributed by atoms with Crippen LogP contribution in [0.4, 0.5) is 11.6 Å². The molecule has 0 radical (unpaired) electrons. The van der Waals surface area contributed by atoms with Crippen LogP contribution in [0, 0.1) is 0 Å². The summed E-state index contributed by atoms with van der Waals surface area (Å²) in [5.74, 6) is -2.13. The minimum absolute atomic E-state index is 0.00559. The van der Waals surface area contributed by atoms with Gasteiger partial charge in [-0.3, -0.25) is 56.9 Å². The Hall–Kier alpha value is -8.40. The number of nitrogens with one attached hydrogen (secondary N) is 7. The molecule has 828 valence electrons. The fourth-order valence-electron chi connectivity index (χ4n) is 17.7. The lowest BCUT2D eigenvalue weighted by Crippen LogP contribution is -2.41. The van der Waals surface area contributed by atoms with Crippen LogP contribution in [0.1, 0.15) is 344 Å². The van der Waals surface area contributed by atoms with Crippen molar-refractivity contribution in [2.45, 2.75) is 371 Å². The summed E-state index contributed by atoms with van der Waals surface area (Å²) < 4.78 is 61.2. The normalized spacial score (nSPS) is 17.4. The molecule has 2 aromatic heterocycles. The summed E-state index contributed by atoms with van der Waals surface area (Å²) in [6.07, 6.45) is 58.6. The van der Waals surface area contributed by atoms with Gasteiger partial charge in [-0.15, -0.1) is 0 Å². The molecule has 5 heterocycles. The number of rotatable bonds is 83. The number of hydrazone groups is 1. The molecular weight excluding hydrogens is 1990 g/mol. The van der Waals surface area contributed by atoms with Crippen molar-refractivity contribution in [2.75, 3.05) is 102 Å². The van der Waals surface area contributed by atoms with Crippen LogP contribution in [0.3, 0.4) is 0 Å². The number of anilines is 2. The molecule has 3 aliphatic heterocycles. The number of thiol groups is 1. The number of carboxylic acid groups (broad SMARTS) is 1. The average molecular weight is 2160 g/mol. The Balaban J connectivity index is 0.670. The Bertz CT molecular complexity index is 4820. The van der Waals surface area contributed by atoms with Gasteiger partial charge in [0.1, 0.15) is 11.8 Å². The molecule has 3 unspecified atom stereocenters. The SMILES string of the molecule is CCCCC/C=C\C/C=C\CCCCCCCCC1(CCCCCCCC/C=C\C/C=C\CCCCC)OC[C@H](CN(C)CCCCCC(=O)NCCCCCC(=O)N2C[C@H](OP(=O)(O)OC[C@@H]3C[C@@H](O)CN3C(=O)CCCSSCCC(=O)N/N=C(\C)c3ccc(OCCCC(=O)NCCCCCCNC(=O)CCC(NC(=O)c4ccc(NCc5cnc6nc(N)[nH]c(=O)c6n5)cc4)C(=O)O)cc3)C[C@H]2COP(=O)(O)S)O1. The molecule has 41 heteroatoms. The summed E-state index contributed by atoms with van der Waals surface area (Å²) in [5, 5.41) is 39.0. The van der Waals surface area contributed by atoms with Crippen molar-refractivity contribution >= 4 is 124 Å². The summed E-state index contributed by atoms with van der Waals surface area (Å²) >= 11 is 3.64. The number of allylic oxidation sites excluding steroid dienone is 8. The number of hydrogen-bond acceptors (Lipinski definition) is 27. The van der Waals surface area contributed by atoms with Crippen molar-refractivity contribution in [3.05, 3.63) is 131 Å². The molecule has 3 fully saturated rings. The number of carbonyl (C=O) groups excluding carboxylic acids is 7. The number of aromatic nitrogens is 4. The number of nitrogen functional groups attached to an aromatic ring is 1. The summed E-state index contributed by atoms with van der Waals surface area (Å²) in [6.45, 7) is 5.22. The Kier molecular flexibility index (Phi) is 63.7. The quantitative estimate of drug-likeness (QED) is 0.00371. The zero-order valence-corrected chi connectivity index (χ0v) is 92.3. The third-order valence-corrected chi connectivity index (χ3v) is 30.4. The van der Waals surface area contributed by atoms with Gasteiger partial charge in [0.2, 0.25) is 41.4 Å². The predicted molar refractivity (Wildman–Crippen MR) is 590 cm³/mol. The van der Waals surface area contributed by atoms with Gasteiger partial charge < -0.3 is 81.2 Å². The monoisotopic (exact) mass is 2160 g/mol. The lowest BCUT2D eigenvalue weighted by Gasteiger charge is -2.29. The molecule has 8 atom stereocenters. The number of carbonyl (C=O) groups is 8. The number of phosphoric acid groups is 1. The number of H-pyrrole nitrogens is 1. The van der Waals surface area contributed by atoms with Gasteiger partial charge in [-0.1, -0.05) is 199 Å². The number of amides is 7. The molecule has 0 spiro atoms. The molecule has 7 rings (SSSR count). The Morgan fingerprint density at radius 2 is 1.15 bits per heavy atom. The van der Waals surface area contributed by atoms with E-state index in [1.54, 1.807) is 31.2 Å². The number of fused-ring (bicyclic) bond motifs is 1. The number of β-amino-alcohol motifs (C(OH)–C–C–N with tert-alkyl or cyclic N) is 1. The van der Waals surface area contributed by atoms with E-state index in [1.807, 2.05) is 12.1 Å². The lowest BCUT2D eigenvalue weighted by molar-refractivity contribution is -0.180. The van der Waals surface area contributed by atoms with Crippen molar-refractivity contribution < 1.29 is 95.3 Å². The van der Waals surface area contributed by atoms with Crippen molar-refractivity contribution in [3.63, 3.8) is 0 Å². The molecule has 4 aromatic rings. The van der Waals surface area contributed by atoms with Gasteiger partial charge in [-0.05, 0) is 222 Å². The Labute approximate surface area is 889 Å². The van der Waals surface area contributed by atoms with Crippen LogP contribution >= 0.6 is 48.5 Å². The number of unbranched alkanes of at least 4 members (excludes halogenated alkanes) is 25. The number of hydrogen-bond donors (Lipinski definition) is 13. The molecule has 148 heavy (non-hydrogen) atoms. The largest absolute Gasteiger partial charge is 0.494 e. The molecule has 36 nitrogen and oxygen atoms in total. The van der Waals surface area contributed by atoms with Gasteiger partial charge in [0, 0.05) is 113 Å². The molecule has 0 bridgehead atoms. The summed E-state index contributed by atoms with van der Waals surface area (Å²) in [4.78, 5) is 156. The number of aliphatic hydroxyl groups excluding tert-OH is 1. The van der Waals surface area contributed by atoms with Crippen LogP contribution in [-0.2, 0) is 72.3 Å². The maximum atomic E-state index is 13.7. The maximum Gasteiger partial charge on any atom is 0.472 e. The van der Waals surface area contributed by atoms with E-state index in [-0.39, 0.29) is 142 Å². The molecule has 13 N–H and O–H groups in total. The van der Waals surface area contributed by atoms with E-state index in [9.17, 15) is 72.3 Å². The molecular formula is C107H171N15O21P2S3. The Morgan fingerprint density at radius 3 is 1.76 bits per heavy atom. The van der Waals surface area contributed by atoms with E-state index >= 15 is 0 Å². The fourth-order valence-corrected chi connectivity index (χ4v) is 21.3. The molecule has 3 saturated heterocycles. The molecule has 2 aromatic carbocycles. The number of likely N-dealkylation sites (N-methyl/N-ethyl adjacent to an activating group) is 1. The fraction of sp³-hybridized carbons (Fsp3) is 0.673. The number of benzene rings is 2. The number of nitrogens with zero attached hydrogens (tertiary/aromatic N) is 7. The van der Waals surface area contributed by atoms with Crippen molar-refractivity contribution in [2.24, 2.45) is 5.10 Å². The van der Waals surface area contributed by atoms with Crippen molar-refractivity contribution in [1.29, 1.82) is 0 Å². The van der Waals surface area contributed by atoms with Crippen LogP contribution in [0.25, 0.3) is 11.2 Å². The van der Waals surface area contributed by atoms with Crippen molar-refractivity contribution in [1.82, 2.24) is 61.3 Å². The predicted octanol–water partition coefficient (Wildman–Crippen LogP) is 18.7. The smallest absolute Gasteiger partial charge is 0.472 e. The Morgan fingerprint density at radius 1 is 0.622 bits per heavy atom. The van der Waals surface area contributed by atoms with Crippen LogP contribution in [0.15, 0.2) is 113 Å². The minimum atomic E-state index is -4.83. The number of likely N-dealkylation sites (tertiary alicyclic amines) is 2. The number of phosphoric ester groups is 1. The van der Waals surface area contributed by atoms with E-state index in [2.05, 4.69) is 144 Å². The minimum Gasteiger partial charge on any atom is -0.494 e.